The van der Waals surface area contributed by atoms with Gasteiger partial charge in [0.15, 0.2) is 0 Å². The first-order valence-corrected chi connectivity index (χ1v) is 8.46. The molecule has 4 N–H and O–H groups in total. The van der Waals surface area contributed by atoms with E-state index in [0.29, 0.717) is 26.0 Å². The molecule has 0 saturated heterocycles. The number of benzene rings is 2. The summed E-state index contributed by atoms with van der Waals surface area (Å²) in [6, 6.07) is 13.5. The molecule has 0 aliphatic heterocycles. The van der Waals surface area contributed by atoms with E-state index in [0.717, 1.165) is 17.0 Å². The number of H-pyrrole nitrogens is 1. The van der Waals surface area contributed by atoms with E-state index in [1.807, 2.05) is 36.5 Å². The van der Waals surface area contributed by atoms with Crippen molar-refractivity contribution in [1.29, 1.82) is 0 Å². The lowest BCUT2D eigenvalue weighted by molar-refractivity contribution is -0.116. The van der Waals surface area contributed by atoms with Gasteiger partial charge in [0.1, 0.15) is 12.4 Å². The summed E-state index contributed by atoms with van der Waals surface area (Å²) in [6.45, 7) is 3.04. The van der Waals surface area contributed by atoms with Crippen molar-refractivity contribution >= 4 is 22.5 Å². The van der Waals surface area contributed by atoms with Crippen LogP contribution in [0.1, 0.15) is 17.5 Å². The number of amides is 1. The highest BCUT2D eigenvalue weighted by Gasteiger charge is 2.08. The van der Waals surface area contributed by atoms with Crippen LogP contribution in [0.5, 0.6) is 5.75 Å². The first-order valence-electron chi connectivity index (χ1n) is 8.46. The summed E-state index contributed by atoms with van der Waals surface area (Å²) in [5.74, 6) is 0.746. The molecule has 0 radical (unpaired) electrons. The summed E-state index contributed by atoms with van der Waals surface area (Å²) in [4.78, 5) is 15.5. The maximum absolute atomic E-state index is 12.2. The number of nitrogens with one attached hydrogen (secondary N) is 2. The van der Waals surface area contributed by atoms with Gasteiger partial charge in [-0.2, -0.15) is 0 Å². The Labute approximate surface area is 147 Å². The normalized spacial score (nSPS) is 10.8. The molecule has 3 rings (SSSR count). The van der Waals surface area contributed by atoms with Crippen molar-refractivity contribution in [2.45, 2.75) is 19.8 Å². The van der Waals surface area contributed by atoms with Crippen LogP contribution in [-0.2, 0) is 11.2 Å². The number of hydrogen-bond donors (Lipinski definition) is 3. The van der Waals surface area contributed by atoms with Crippen LogP contribution in [0.25, 0.3) is 10.9 Å². The van der Waals surface area contributed by atoms with E-state index < -0.39 is 0 Å². The molecule has 1 heterocycles. The first-order chi connectivity index (χ1) is 12.2. The van der Waals surface area contributed by atoms with E-state index in [1.54, 1.807) is 0 Å². The first kappa shape index (κ1) is 17.0. The van der Waals surface area contributed by atoms with Gasteiger partial charge in [-0.3, -0.25) is 4.79 Å². The van der Waals surface area contributed by atoms with Crippen LogP contribution >= 0.6 is 0 Å². The second-order valence-electron chi connectivity index (χ2n) is 6.02. The summed E-state index contributed by atoms with van der Waals surface area (Å²) in [7, 11) is 0. The Morgan fingerprint density at radius 1 is 1.20 bits per heavy atom. The quantitative estimate of drug-likeness (QED) is 0.618. The van der Waals surface area contributed by atoms with Crippen LogP contribution in [-0.4, -0.2) is 24.0 Å². The van der Waals surface area contributed by atoms with Gasteiger partial charge in [0.2, 0.25) is 5.91 Å². The number of rotatable bonds is 7. The van der Waals surface area contributed by atoms with E-state index in [1.165, 1.54) is 16.5 Å². The summed E-state index contributed by atoms with van der Waals surface area (Å²) in [5, 5.41) is 4.11. The fourth-order valence-electron chi connectivity index (χ4n) is 2.85. The summed E-state index contributed by atoms with van der Waals surface area (Å²) in [6.07, 6.45) is 3.13. The van der Waals surface area contributed by atoms with E-state index in [2.05, 4.69) is 29.4 Å². The number of carbonyl (C=O) groups is 1. The monoisotopic (exact) mass is 337 g/mol. The van der Waals surface area contributed by atoms with Gasteiger partial charge in [0.25, 0.3) is 0 Å². The SMILES string of the molecule is Cc1cccc2c(CCC(=O)Nc3ccc(OCCN)cc3)c[nH]c12. The van der Waals surface area contributed by atoms with Crippen LogP contribution in [0.3, 0.4) is 0 Å². The minimum atomic E-state index is -0.00219. The van der Waals surface area contributed by atoms with E-state index >= 15 is 0 Å². The molecule has 25 heavy (non-hydrogen) atoms. The Bertz CT molecular complexity index is 853. The minimum absolute atomic E-state index is 0.00219. The maximum atomic E-state index is 12.2. The van der Waals surface area contributed by atoms with Gasteiger partial charge in [-0.15, -0.1) is 0 Å². The zero-order chi connectivity index (χ0) is 17.6. The minimum Gasteiger partial charge on any atom is -0.492 e. The Morgan fingerprint density at radius 3 is 2.76 bits per heavy atom. The van der Waals surface area contributed by atoms with Gasteiger partial charge in [0.05, 0.1) is 0 Å². The Morgan fingerprint density at radius 2 is 2.00 bits per heavy atom. The summed E-state index contributed by atoms with van der Waals surface area (Å²) >= 11 is 0. The number of carbonyl (C=O) groups excluding carboxylic acids is 1. The van der Waals surface area contributed by atoms with E-state index in [4.69, 9.17) is 10.5 Å². The zero-order valence-electron chi connectivity index (χ0n) is 14.3. The predicted molar refractivity (Wildman–Crippen MR) is 101 cm³/mol. The Balaban J connectivity index is 1.56. The van der Waals surface area contributed by atoms with Crippen LogP contribution in [0.4, 0.5) is 5.69 Å². The number of aryl methyl sites for hydroxylation is 2. The molecule has 0 aliphatic rings. The number of aromatic nitrogens is 1. The van der Waals surface area contributed by atoms with Gasteiger partial charge in [-0.1, -0.05) is 18.2 Å². The fourth-order valence-corrected chi connectivity index (χ4v) is 2.85. The van der Waals surface area contributed by atoms with Gasteiger partial charge >= 0.3 is 0 Å². The van der Waals surface area contributed by atoms with Crippen molar-refractivity contribution in [1.82, 2.24) is 4.98 Å². The van der Waals surface area contributed by atoms with Crippen LogP contribution in [0.2, 0.25) is 0 Å². The molecule has 5 nitrogen and oxygen atoms in total. The van der Waals surface area contributed by atoms with Crippen molar-refractivity contribution in [2.24, 2.45) is 5.73 Å². The van der Waals surface area contributed by atoms with E-state index in [9.17, 15) is 4.79 Å². The van der Waals surface area contributed by atoms with Gasteiger partial charge in [-0.25, -0.2) is 0 Å². The number of anilines is 1. The van der Waals surface area contributed by atoms with Crippen molar-refractivity contribution in [2.75, 3.05) is 18.5 Å². The lowest BCUT2D eigenvalue weighted by Gasteiger charge is -2.07. The number of para-hydroxylation sites is 1. The highest BCUT2D eigenvalue weighted by atomic mass is 16.5. The Hall–Kier alpha value is -2.79. The molecule has 2 aromatic carbocycles. The number of ether oxygens (including phenoxy) is 1. The van der Waals surface area contributed by atoms with Gasteiger partial charge in [0, 0.05) is 35.8 Å². The third-order valence-electron chi connectivity index (χ3n) is 4.16. The molecule has 3 aromatic rings. The molecule has 0 aliphatic carbocycles. The maximum Gasteiger partial charge on any atom is 0.224 e. The standard InChI is InChI=1S/C20H23N3O2/c1-14-3-2-4-18-15(13-22-20(14)18)5-10-19(24)23-16-6-8-17(9-7-16)25-12-11-21/h2-4,6-9,13,22H,5,10-12,21H2,1H3,(H,23,24). The largest absolute Gasteiger partial charge is 0.492 e. The molecular formula is C20H23N3O2. The molecule has 0 atom stereocenters. The van der Waals surface area contributed by atoms with Crippen LogP contribution < -0.4 is 15.8 Å². The Kier molecular flexibility index (Phi) is 5.36. The van der Waals surface area contributed by atoms with Gasteiger partial charge in [-0.05, 0) is 48.7 Å². The number of nitrogens with two attached hydrogens (primary N) is 1. The number of aromatic amines is 1. The molecule has 0 fully saturated rings. The fraction of sp³-hybridized carbons (Fsp3) is 0.250. The molecule has 0 bridgehead atoms. The predicted octanol–water partition coefficient (Wildman–Crippen LogP) is 3.39. The highest BCUT2D eigenvalue weighted by Crippen LogP contribution is 2.22. The zero-order valence-corrected chi connectivity index (χ0v) is 14.3. The summed E-state index contributed by atoms with van der Waals surface area (Å²) < 4.78 is 5.42. The third-order valence-corrected chi connectivity index (χ3v) is 4.16. The molecule has 0 unspecified atom stereocenters. The molecule has 5 heteroatoms. The smallest absolute Gasteiger partial charge is 0.224 e. The van der Waals surface area contributed by atoms with Crippen LogP contribution in [0.15, 0.2) is 48.7 Å². The molecule has 0 spiro atoms. The van der Waals surface area contributed by atoms with Crippen LogP contribution in [0, 0.1) is 6.92 Å². The van der Waals surface area contributed by atoms with Crippen molar-refractivity contribution in [3.05, 3.63) is 59.8 Å². The van der Waals surface area contributed by atoms with Crippen molar-refractivity contribution in [3.8, 4) is 5.75 Å². The summed E-state index contributed by atoms with van der Waals surface area (Å²) in [5.41, 5.74) is 9.69. The van der Waals surface area contributed by atoms with E-state index in [-0.39, 0.29) is 5.91 Å². The second-order valence-corrected chi connectivity index (χ2v) is 6.02. The average molecular weight is 337 g/mol. The molecule has 130 valence electrons. The third kappa shape index (κ3) is 4.19. The average Bonchev–Trinajstić information content (AvgIpc) is 3.04. The molecule has 0 saturated carbocycles. The topological polar surface area (TPSA) is 80.1 Å². The molecule has 1 amide bonds. The van der Waals surface area contributed by atoms with Gasteiger partial charge < -0.3 is 20.8 Å². The second kappa shape index (κ2) is 7.85. The number of fused-ring (bicyclic) bond motifs is 1. The van der Waals surface area contributed by atoms with Crippen molar-refractivity contribution in [3.63, 3.8) is 0 Å². The molecule has 1 aromatic heterocycles. The highest BCUT2D eigenvalue weighted by molar-refractivity contribution is 5.92. The lowest BCUT2D eigenvalue weighted by atomic mass is 10.1. The lowest BCUT2D eigenvalue weighted by Crippen LogP contribution is -2.12. The van der Waals surface area contributed by atoms with Crippen molar-refractivity contribution < 1.29 is 9.53 Å². The number of hydrogen-bond acceptors (Lipinski definition) is 3. The molecular weight excluding hydrogens is 314 g/mol.